The van der Waals surface area contributed by atoms with Crippen molar-refractivity contribution in [3.8, 4) is 0 Å². The lowest BCUT2D eigenvalue weighted by molar-refractivity contribution is 0.318. The molecule has 21 heavy (non-hydrogen) atoms. The smallest absolute Gasteiger partial charge is 0.170 e. The Morgan fingerprint density at radius 1 is 1.19 bits per heavy atom. The first-order valence-electron chi connectivity index (χ1n) is 5.96. The first-order chi connectivity index (χ1) is 10.0. The lowest BCUT2D eigenvalue weighted by Gasteiger charge is -2.10. The maximum atomic E-state index is 13.0. The first kappa shape index (κ1) is 15.4. The fourth-order valence-corrected chi connectivity index (χ4v) is 2.21. The maximum absolute atomic E-state index is 13.0. The van der Waals surface area contributed by atoms with Gasteiger partial charge in [0, 0.05) is 17.1 Å². The third-order valence-electron chi connectivity index (χ3n) is 2.86. The maximum Gasteiger partial charge on any atom is 0.170 e. The molecule has 0 aromatic heterocycles. The van der Waals surface area contributed by atoms with Crippen LogP contribution < -0.4 is 11.1 Å². The summed E-state index contributed by atoms with van der Waals surface area (Å²) in [4.78, 5) is 0. The number of benzene rings is 2. The highest BCUT2D eigenvalue weighted by Crippen LogP contribution is 2.24. The van der Waals surface area contributed by atoms with E-state index < -0.39 is 5.82 Å². The zero-order chi connectivity index (χ0) is 15.4. The highest BCUT2D eigenvalue weighted by Gasteiger charge is 2.07. The Balaban J connectivity index is 2.13. The fraction of sp³-hybridized carbons (Fsp3) is 0.0714. The molecule has 110 valence electrons. The van der Waals surface area contributed by atoms with Crippen molar-refractivity contribution < 1.29 is 9.60 Å². The summed E-state index contributed by atoms with van der Waals surface area (Å²) in [7, 11) is 0. The first-order valence-corrected chi connectivity index (χ1v) is 6.72. The van der Waals surface area contributed by atoms with E-state index in [2.05, 4.69) is 10.5 Å². The number of nitrogens with two attached hydrogens (primary N) is 1. The normalized spacial score (nSPS) is 11.5. The van der Waals surface area contributed by atoms with Gasteiger partial charge in [-0.2, -0.15) is 0 Å². The van der Waals surface area contributed by atoms with Gasteiger partial charge in [-0.15, -0.1) is 0 Å². The van der Waals surface area contributed by atoms with Crippen LogP contribution in [0.5, 0.6) is 0 Å². The quantitative estimate of drug-likeness (QED) is 0.346. The molecule has 0 saturated carbocycles. The zero-order valence-corrected chi connectivity index (χ0v) is 12.3. The van der Waals surface area contributed by atoms with Gasteiger partial charge in [0.1, 0.15) is 5.82 Å². The third kappa shape index (κ3) is 3.77. The summed E-state index contributed by atoms with van der Waals surface area (Å²) in [5.41, 5.74) is 7.41. The molecule has 0 saturated heterocycles. The molecule has 0 spiro atoms. The van der Waals surface area contributed by atoms with Crippen LogP contribution in [0.15, 0.2) is 41.6 Å². The van der Waals surface area contributed by atoms with Gasteiger partial charge in [-0.3, -0.25) is 0 Å². The summed E-state index contributed by atoms with van der Waals surface area (Å²) in [6.45, 7) is 0.403. The summed E-state index contributed by atoms with van der Waals surface area (Å²) in [5, 5.41) is 15.3. The minimum Gasteiger partial charge on any atom is -0.409 e. The van der Waals surface area contributed by atoms with Crippen LogP contribution in [0.4, 0.5) is 10.1 Å². The van der Waals surface area contributed by atoms with Crippen LogP contribution in [0.2, 0.25) is 10.0 Å². The van der Waals surface area contributed by atoms with Crippen LogP contribution in [0, 0.1) is 5.82 Å². The molecule has 4 nitrogen and oxygen atoms in total. The van der Waals surface area contributed by atoms with Crippen LogP contribution in [-0.4, -0.2) is 11.0 Å². The van der Waals surface area contributed by atoms with Gasteiger partial charge < -0.3 is 16.3 Å². The molecule has 0 radical (unpaired) electrons. The Bertz CT molecular complexity index is 692. The molecule has 0 heterocycles. The van der Waals surface area contributed by atoms with E-state index in [1.54, 1.807) is 24.3 Å². The summed E-state index contributed by atoms with van der Waals surface area (Å²) >= 11 is 12.1. The van der Waals surface area contributed by atoms with Crippen LogP contribution in [0.25, 0.3) is 0 Å². The minimum atomic E-state index is -0.397. The number of halogens is 3. The van der Waals surface area contributed by atoms with E-state index in [1.807, 2.05) is 0 Å². The largest absolute Gasteiger partial charge is 0.409 e. The molecule has 2 aromatic rings. The number of oxime groups is 1. The van der Waals surface area contributed by atoms with Gasteiger partial charge in [-0.25, -0.2) is 4.39 Å². The highest BCUT2D eigenvalue weighted by molar-refractivity contribution is 6.33. The average Bonchev–Trinajstić information content (AvgIpc) is 2.46. The lowest BCUT2D eigenvalue weighted by Crippen LogP contribution is -2.13. The Morgan fingerprint density at radius 3 is 2.57 bits per heavy atom. The van der Waals surface area contributed by atoms with E-state index in [1.165, 1.54) is 12.1 Å². The fourth-order valence-electron chi connectivity index (χ4n) is 1.73. The number of nitrogens with one attached hydrogen (secondary N) is 1. The Hall–Kier alpha value is -1.98. The van der Waals surface area contributed by atoms with Crippen molar-refractivity contribution in [2.45, 2.75) is 6.54 Å². The SMILES string of the molecule is N/C(=N/O)c1ccc(CNc2ccc(F)cc2Cl)c(Cl)c1. The predicted octanol–water partition coefficient (Wildman–Crippen LogP) is 3.84. The summed E-state index contributed by atoms with van der Waals surface area (Å²) in [5.74, 6) is -0.412. The van der Waals surface area contributed by atoms with Crippen LogP contribution in [0.1, 0.15) is 11.1 Å². The number of amidine groups is 1. The van der Waals surface area contributed by atoms with Gasteiger partial charge >= 0.3 is 0 Å². The molecule has 7 heteroatoms. The van der Waals surface area contributed by atoms with Crippen LogP contribution >= 0.6 is 23.2 Å². The lowest BCUT2D eigenvalue weighted by atomic mass is 10.1. The molecule has 0 atom stereocenters. The Morgan fingerprint density at radius 2 is 1.95 bits per heavy atom. The molecule has 0 fully saturated rings. The van der Waals surface area contributed by atoms with E-state index in [4.69, 9.17) is 34.1 Å². The van der Waals surface area contributed by atoms with Gasteiger partial charge in [-0.05, 0) is 29.8 Å². The van der Waals surface area contributed by atoms with E-state index in [9.17, 15) is 4.39 Å². The van der Waals surface area contributed by atoms with Gasteiger partial charge in [0.05, 0.1) is 10.7 Å². The van der Waals surface area contributed by atoms with Gasteiger partial charge in [0.2, 0.25) is 0 Å². The molecular formula is C14H12Cl2FN3O. The zero-order valence-electron chi connectivity index (χ0n) is 10.8. The average molecular weight is 328 g/mol. The summed E-state index contributed by atoms with van der Waals surface area (Å²) in [6.07, 6.45) is 0. The molecule has 0 aliphatic heterocycles. The van der Waals surface area contributed by atoms with Crippen molar-refractivity contribution in [3.63, 3.8) is 0 Å². The second-order valence-electron chi connectivity index (χ2n) is 4.27. The molecule has 0 amide bonds. The van der Waals surface area contributed by atoms with Gasteiger partial charge in [0.25, 0.3) is 0 Å². The van der Waals surface area contributed by atoms with Crippen molar-refractivity contribution >= 4 is 34.7 Å². The third-order valence-corrected chi connectivity index (χ3v) is 3.52. The highest BCUT2D eigenvalue weighted by atomic mass is 35.5. The van der Waals surface area contributed by atoms with E-state index in [0.29, 0.717) is 27.8 Å². The number of hydrogen-bond donors (Lipinski definition) is 3. The van der Waals surface area contributed by atoms with Crippen molar-refractivity contribution in [2.75, 3.05) is 5.32 Å². The molecule has 0 aliphatic carbocycles. The van der Waals surface area contributed by atoms with Crippen LogP contribution in [0.3, 0.4) is 0 Å². The predicted molar refractivity (Wildman–Crippen MR) is 82.7 cm³/mol. The van der Waals surface area contributed by atoms with Crippen molar-refractivity contribution in [1.82, 2.24) is 0 Å². The molecule has 2 aromatic carbocycles. The standard InChI is InChI=1S/C14H12Cl2FN3O/c15-11-5-8(14(18)20-21)1-2-9(11)7-19-13-4-3-10(17)6-12(13)16/h1-6,19,21H,7H2,(H2,18,20). The number of rotatable bonds is 4. The van der Waals surface area contributed by atoms with E-state index in [-0.39, 0.29) is 5.84 Å². The van der Waals surface area contributed by atoms with Gasteiger partial charge in [0.15, 0.2) is 5.84 Å². The topological polar surface area (TPSA) is 70.6 Å². The second-order valence-corrected chi connectivity index (χ2v) is 5.08. The summed E-state index contributed by atoms with van der Waals surface area (Å²) < 4.78 is 13.0. The number of nitrogens with zero attached hydrogens (tertiary/aromatic N) is 1. The van der Waals surface area contributed by atoms with Crippen molar-refractivity contribution in [2.24, 2.45) is 10.9 Å². The Labute approximate surface area is 131 Å². The molecule has 4 N–H and O–H groups in total. The minimum absolute atomic E-state index is 0.0158. The second kappa shape index (κ2) is 6.65. The van der Waals surface area contributed by atoms with Crippen molar-refractivity contribution in [3.05, 3.63) is 63.4 Å². The van der Waals surface area contributed by atoms with E-state index in [0.717, 1.165) is 5.56 Å². The van der Waals surface area contributed by atoms with Gasteiger partial charge in [-0.1, -0.05) is 40.5 Å². The molecular weight excluding hydrogens is 316 g/mol. The van der Waals surface area contributed by atoms with Crippen molar-refractivity contribution in [1.29, 1.82) is 0 Å². The monoisotopic (exact) mass is 327 g/mol. The number of hydrogen-bond acceptors (Lipinski definition) is 3. The molecule has 0 bridgehead atoms. The summed E-state index contributed by atoms with van der Waals surface area (Å²) in [6, 6.07) is 9.13. The van der Waals surface area contributed by atoms with E-state index >= 15 is 0 Å². The van der Waals surface area contributed by atoms with Crippen LogP contribution in [-0.2, 0) is 6.54 Å². The molecule has 2 rings (SSSR count). The Kier molecular flexibility index (Phi) is 4.88. The number of anilines is 1. The molecule has 0 unspecified atom stereocenters. The molecule has 0 aliphatic rings.